The highest BCUT2D eigenvalue weighted by Crippen LogP contribution is 2.08. The Bertz CT molecular complexity index is 253. The largest absolute Gasteiger partial charge is 0.444 e. The highest BCUT2D eigenvalue weighted by Gasteiger charge is 2.19. The highest BCUT2D eigenvalue weighted by molar-refractivity contribution is 5.68. The van der Waals surface area contributed by atoms with E-state index in [1.54, 1.807) is 20.8 Å². The standard InChI is InChI=1S/C11H20N2O3/c1-11(2,3)16-10(15)13-9(6-7-12)5-4-8-14/h9,14H,4-6,8H2,1-3H3,(H,13,15)/t9-/m1/s1. The number of amides is 1. The number of aliphatic hydroxyl groups is 1. The van der Waals surface area contributed by atoms with Crippen LogP contribution in [-0.4, -0.2) is 29.4 Å². The molecule has 0 aliphatic heterocycles. The zero-order valence-electron chi connectivity index (χ0n) is 10.1. The molecule has 1 atom stereocenters. The van der Waals surface area contributed by atoms with Gasteiger partial charge >= 0.3 is 6.09 Å². The number of carbonyl (C=O) groups is 1. The summed E-state index contributed by atoms with van der Waals surface area (Å²) in [5, 5.41) is 19.9. The third-order valence-electron chi connectivity index (χ3n) is 1.77. The van der Waals surface area contributed by atoms with Crippen molar-refractivity contribution in [3.8, 4) is 6.07 Å². The molecule has 0 saturated heterocycles. The van der Waals surface area contributed by atoms with Crippen LogP contribution >= 0.6 is 0 Å². The lowest BCUT2D eigenvalue weighted by Gasteiger charge is -2.22. The van der Waals surface area contributed by atoms with Crippen LogP contribution in [0.4, 0.5) is 4.79 Å². The maximum absolute atomic E-state index is 11.4. The fraction of sp³-hybridized carbons (Fsp3) is 0.818. The normalized spacial score (nSPS) is 12.7. The third-order valence-corrected chi connectivity index (χ3v) is 1.77. The van der Waals surface area contributed by atoms with Gasteiger partial charge in [-0.15, -0.1) is 0 Å². The molecular formula is C11H20N2O3. The van der Waals surface area contributed by atoms with E-state index in [1.807, 2.05) is 6.07 Å². The van der Waals surface area contributed by atoms with E-state index in [0.717, 1.165) is 0 Å². The number of nitriles is 1. The minimum Gasteiger partial charge on any atom is -0.444 e. The van der Waals surface area contributed by atoms with Crippen LogP contribution in [0, 0.1) is 11.3 Å². The Labute approximate surface area is 96.4 Å². The number of nitrogens with one attached hydrogen (secondary N) is 1. The van der Waals surface area contributed by atoms with E-state index in [2.05, 4.69) is 5.32 Å². The van der Waals surface area contributed by atoms with Crippen molar-refractivity contribution in [2.75, 3.05) is 6.61 Å². The molecule has 0 aliphatic rings. The van der Waals surface area contributed by atoms with Gasteiger partial charge in [0, 0.05) is 12.6 Å². The van der Waals surface area contributed by atoms with Crippen molar-refractivity contribution in [3.63, 3.8) is 0 Å². The van der Waals surface area contributed by atoms with Gasteiger partial charge in [-0.25, -0.2) is 4.79 Å². The fourth-order valence-corrected chi connectivity index (χ4v) is 1.15. The first-order valence-electron chi connectivity index (χ1n) is 5.36. The van der Waals surface area contributed by atoms with Gasteiger partial charge in [0.15, 0.2) is 0 Å². The molecule has 0 heterocycles. The molecule has 2 N–H and O–H groups in total. The van der Waals surface area contributed by atoms with Gasteiger partial charge in [-0.05, 0) is 33.6 Å². The van der Waals surface area contributed by atoms with Gasteiger partial charge in [0.25, 0.3) is 0 Å². The molecular weight excluding hydrogens is 208 g/mol. The molecule has 5 heteroatoms. The van der Waals surface area contributed by atoms with E-state index in [-0.39, 0.29) is 19.1 Å². The number of ether oxygens (including phenoxy) is 1. The predicted molar refractivity (Wildman–Crippen MR) is 59.7 cm³/mol. The Kier molecular flexibility index (Phi) is 6.50. The van der Waals surface area contributed by atoms with Gasteiger partial charge in [-0.2, -0.15) is 5.26 Å². The SMILES string of the molecule is CC(C)(C)OC(=O)N[C@@H](CC#N)CCCO. The number of aliphatic hydroxyl groups excluding tert-OH is 1. The monoisotopic (exact) mass is 228 g/mol. The van der Waals surface area contributed by atoms with Crippen LogP contribution < -0.4 is 5.32 Å². The summed E-state index contributed by atoms with van der Waals surface area (Å²) in [5.74, 6) is 0. The summed E-state index contributed by atoms with van der Waals surface area (Å²) >= 11 is 0. The average molecular weight is 228 g/mol. The van der Waals surface area contributed by atoms with Crippen LogP contribution in [0.2, 0.25) is 0 Å². The van der Waals surface area contributed by atoms with Crippen LogP contribution in [0.15, 0.2) is 0 Å². The smallest absolute Gasteiger partial charge is 0.407 e. The molecule has 0 saturated carbocycles. The molecule has 0 aromatic rings. The number of nitrogens with zero attached hydrogens (tertiary/aromatic N) is 1. The lowest BCUT2D eigenvalue weighted by molar-refractivity contribution is 0.0500. The molecule has 1 amide bonds. The molecule has 0 bridgehead atoms. The van der Waals surface area contributed by atoms with E-state index in [4.69, 9.17) is 15.1 Å². The molecule has 0 fully saturated rings. The van der Waals surface area contributed by atoms with Crippen LogP contribution in [0.5, 0.6) is 0 Å². The minimum absolute atomic E-state index is 0.0535. The highest BCUT2D eigenvalue weighted by atomic mass is 16.6. The van der Waals surface area contributed by atoms with Crippen LogP contribution in [0.3, 0.4) is 0 Å². The van der Waals surface area contributed by atoms with E-state index in [0.29, 0.717) is 12.8 Å². The average Bonchev–Trinajstić information content (AvgIpc) is 2.11. The van der Waals surface area contributed by atoms with Crippen molar-refractivity contribution in [1.82, 2.24) is 5.32 Å². The first kappa shape index (κ1) is 14.7. The molecule has 0 unspecified atom stereocenters. The molecule has 0 aromatic heterocycles. The van der Waals surface area contributed by atoms with Gasteiger partial charge in [0.2, 0.25) is 0 Å². The topological polar surface area (TPSA) is 82.3 Å². The lowest BCUT2D eigenvalue weighted by Crippen LogP contribution is -2.39. The summed E-state index contributed by atoms with van der Waals surface area (Å²) in [6.45, 7) is 5.39. The van der Waals surface area contributed by atoms with Crippen molar-refractivity contribution in [3.05, 3.63) is 0 Å². The molecule has 0 radical (unpaired) electrons. The Hall–Kier alpha value is -1.28. The first-order valence-corrected chi connectivity index (χ1v) is 5.36. The molecule has 0 spiro atoms. The Morgan fingerprint density at radius 1 is 1.56 bits per heavy atom. The lowest BCUT2D eigenvalue weighted by atomic mass is 10.1. The molecule has 16 heavy (non-hydrogen) atoms. The predicted octanol–water partition coefficient (Wildman–Crippen LogP) is 1.57. The number of carbonyl (C=O) groups excluding carboxylic acids is 1. The van der Waals surface area contributed by atoms with E-state index in [9.17, 15) is 4.79 Å². The maximum Gasteiger partial charge on any atom is 0.407 e. The third kappa shape index (κ3) is 8.06. The van der Waals surface area contributed by atoms with Crippen LogP contribution in [0.25, 0.3) is 0 Å². The fourth-order valence-electron chi connectivity index (χ4n) is 1.15. The zero-order chi connectivity index (χ0) is 12.6. The number of rotatable bonds is 5. The van der Waals surface area contributed by atoms with E-state index in [1.165, 1.54) is 0 Å². The molecule has 0 aliphatic carbocycles. The Balaban J connectivity index is 4.08. The first-order chi connectivity index (χ1) is 7.39. The van der Waals surface area contributed by atoms with Crippen molar-refractivity contribution >= 4 is 6.09 Å². The van der Waals surface area contributed by atoms with Crippen molar-refractivity contribution in [2.24, 2.45) is 0 Å². The van der Waals surface area contributed by atoms with Gasteiger partial charge in [0.05, 0.1) is 12.5 Å². The minimum atomic E-state index is -0.543. The molecule has 0 aromatic carbocycles. The molecule has 0 rings (SSSR count). The molecule has 5 nitrogen and oxygen atoms in total. The number of alkyl carbamates (subject to hydrolysis) is 1. The maximum atomic E-state index is 11.4. The van der Waals surface area contributed by atoms with Gasteiger partial charge in [-0.1, -0.05) is 0 Å². The molecule has 92 valence electrons. The van der Waals surface area contributed by atoms with Crippen LogP contribution in [-0.2, 0) is 4.74 Å². The summed E-state index contributed by atoms with van der Waals surface area (Å²) in [7, 11) is 0. The van der Waals surface area contributed by atoms with Crippen molar-refractivity contribution in [1.29, 1.82) is 5.26 Å². The summed E-state index contributed by atoms with van der Waals surface area (Å²) in [6.07, 6.45) is 0.829. The Morgan fingerprint density at radius 2 is 2.19 bits per heavy atom. The zero-order valence-corrected chi connectivity index (χ0v) is 10.1. The van der Waals surface area contributed by atoms with Crippen molar-refractivity contribution in [2.45, 2.75) is 51.7 Å². The van der Waals surface area contributed by atoms with Gasteiger partial charge in [-0.3, -0.25) is 0 Å². The summed E-state index contributed by atoms with van der Waals surface area (Å²) in [5.41, 5.74) is -0.543. The summed E-state index contributed by atoms with van der Waals surface area (Å²) in [6, 6.07) is 1.74. The Morgan fingerprint density at radius 3 is 2.62 bits per heavy atom. The van der Waals surface area contributed by atoms with Gasteiger partial charge < -0.3 is 15.2 Å². The number of hydrogen-bond acceptors (Lipinski definition) is 4. The van der Waals surface area contributed by atoms with E-state index >= 15 is 0 Å². The summed E-state index contributed by atoms with van der Waals surface area (Å²) in [4.78, 5) is 11.4. The van der Waals surface area contributed by atoms with E-state index < -0.39 is 11.7 Å². The second-order valence-electron chi connectivity index (χ2n) is 4.57. The second kappa shape index (κ2) is 7.07. The quantitative estimate of drug-likeness (QED) is 0.748. The number of hydrogen-bond donors (Lipinski definition) is 2. The van der Waals surface area contributed by atoms with Gasteiger partial charge in [0.1, 0.15) is 5.60 Å². The second-order valence-corrected chi connectivity index (χ2v) is 4.57. The van der Waals surface area contributed by atoms with Crippen LogP contribution in [0.1, 0.15) is 40.0 Å². The van der Waals surface area contributed by atoms with Crippen molar-refractivity contribution < 1.29 is 14.6 Å². The summed E-state index contributed by atoms with van der Waals surface area (Å²) < 4.78 is 5.07.